The number of para-hydroxylation sites is 1. The quantitative estimate of drug-likeness (QED) is 0.683. The van der Waals surface area contributed by atoms with Crippen LogP contribution in [0.15, 0.2) is 91.7 Å². The van der Waals surface area contributed by atoms with E-state index in [4.69, 9.17) is 0 Å². The second-order valence-corrected chi connectivity index (χ2v) is 5.34. The molecule has 1 heterocycles. The standard InChI is InChI=1S/C20H18N4O/c1-3-15(2)21-20(25)22-19-14-18(16-10-6-4-7-11-16)23-24(19)17-12-8-5-9-13-17/h3-14H,1-2H2,(H2,21,22,25). The smallest absolute Gasteiger partial charge is 0.308 e. The summed E-state index contributed by atoms with van der Waals surface area (Å²) in [6, 6.07) is 20.8. The van der Waals surface area contributed by atoms with Crippen molar-refractivity contribution in [3.05, 3.63) is 91.7 Å². The third-order valence-corrected chi connectivity index (χ3v) is 3.54. The van der Waals surface area contributed by atoms with Gasteiger partial charge in [-0.15, -0.1) is 0 Å². The van der Waals surface area contributed by atoms with Crippen molar-refractivity contribution in [1.29, 1.82) is 0 Å². The maximum absolute atomic E-state index is 12.1. The highest BCUT2D eigenvalue weighted by Crippen LogP contribution is 2.24. The minimum absolute atomic E-state index is 0.401. The number of urea groups is 1. The minimum Gasteiger partial charge on any atom is -0.308 e. The van der Waals surface area contributed by atoms with Crippen LogP contribution in [0.4, 0.5) is 10.6 Å². The molecule has 0 aliphatic carbocycles. The molecular weight excluding hydrogens is 312 g/mol. The SMILES string of the molecule is C=CC(=C)NC(=O)Nc1cc(-c2ccccc2)nn1-c1ccccc1. The van der Waals surface area contributed by atoms with Crippen LogP contribution < -0.4 is 10.6 Å². The zero-order valence-electron chi connectivity index (χ0n) is 13.6. The number of allylic oxidation sites excluding steroid dienone is 1. The maximum atomic E-state index is 12.1. The first-order chi connectivity index (χ1) is 12.2. The molecule has 3 rings (SSSR count). The van der Waals surface area contributed by atoms with Crippen LogP contribution in [0.3, 0.4) is 0 Å². The molecule has 0 aliphatic rings. The Morgan fingerprint density at radius 3 is 2.32 bits per heavy atom. The number of hydrogen-bond donors (Lipinski definition) is 2. The van der Waals surface area contributed by atoms with Crippen molar-refractivity contribution in [2.24, 2.45) is 0 Å². The second kappa shape index (κ2) is 7.31. The Bertz CT molecular complexity index is 898. The summed E-state index contributed by atoms with van der Waals surface area (Å²) >= 11 is 0. The molecule has 25 heavy (non-hydrogen) atoms. The van der Waals surface area contributed by atoms with Crippen molar-refractivity contribution >= 4 is 11.8 Å². The fraction of sp³-hybridized carbons (Fsp3) is 0. The van der Waals surface area contributed by atoms with Gasteiger partial charge in [-0.3, -0.25) is 5.32 Å². The van der Waals surface area contributed by atoms with Crippen molar-refractivity contribution < 1.29 is 4.79 Å². The highest BCUT2D eigenvalue weighted by molar-refractivity contribution is 5.90. The summed E-state index contributed by atoms with van der Waals surface area (Å²) in [6.07, 6.45) is 1.48. The molecule has 5 nitrogen and oxygen atoms in total. The number of hydrogen-bond acceptors (Lipinski definition) is 2. The Kier molecular flexibility index (Phi) is 4.76. The summed E-state index contributed by atoms with van der Waals surface area (Å²) in [5.74, 6) is 0.555. The number of nitrogens with zero attached hydrogens (tertiary/aromatic N) is 2. The Hall–Kier alpha value is -3.60. The van der Waals surface area contributed by atoms with E-state index < -0.39 is 6.03 Å². The molecule has 2 N–H and O–H groups in total. The van der Waals surface area contributed by atoms with Crippen LogP contribution in [0.5, 0.6) is 0 Å². The summed E-state index contributed by atoms with van der Waals surface area (Å²) in [6.45, 7) is 7.25. The van der Waals surface area contributed by atoms with E-state index in [2.05, 4.69) is 28.9 Å². The molecule has 2 amide bonds. The first-order valence-electron chi connectivity index (χ1n) is 7.77. The first kappa shape index (κ1) is 16.3. The van der Waals surface area contributed by atoms with Gasteiger partial charge in [-0.2, -0.15) is 5.10 Å². The molecule has 3 aromatic rings. The maximum Gasteiger partial charge on any atom is 0.324 e. The van der Waals surface area contributed by atoms with Gasteiger partial charge in [0.15, 0.2) is 0 Å². The molecule has 0 atom stereocenters. The summed E-state index contributed by atoms with van der Waals surface area (Å²) in [5.41, 5.74) is 3.01. The summed E-state index contributed by atoms with van der Waals surface area (Å²) < 4.78 is 1.69. The van der Waals surface area contributed by atoms with Crippen LogP contribution in [-0.2, 0) is 0 Å². The summed E-state index contributed by atoms with van der Waals surface area (Å²) in [5, 5.41) is 10.0. The van der Waals surface area contributed by atoms with E-state index in [-0.39, 0.29) is 0 Å². The number of rotatable bonds is 5. The van der Waals surface area contributed by atoms with Gasteiger partial charge in [-0.1, -0.05) is 61.7 Å². The molecule has 2 aromatic carbocycles. The highest BCUT2D eigenvalue weighted by Gasteiger charge is 2.13. The van der Waals surface area contributed by atoms with Crippen molar-refractivity contribution in [2.45, 2.75) is 0 Å². The topological polar surface area (TPSA) is 59.0 Å². The lowest BCUT2D eigenvalue weighted by atomic mass is 10.2. The van der Waals surface area contributed by atoms with Crippen LogP contribution in [0, 0.1) is 0 Å². The van der Waals surface area contributed by atoms with Crippen LogP contribution >= 0.6 is 0 Å². The van der Waals surface area contributed by atoms with Gasteiger partial charge in [0.2, 0.25) is 0 Å². The van der Waals surface area contributed by atoms with E-state index >= 15 is 0 Å². The fourth-order valence-corrected chi connectivity index (χ4v) is 2.33. The van der Waals surface area contributed by atoms with Crippen LogP contribution in [0.1, 0.15) is 0 Å². The van der Waals surface area contributed by atoms with E-state index in [9.17, 15) is 4.79 Å². The Labute approximate surface area is 146 Å². The Morgan fingerprint density at radius 2 is 1.68 bits per heavy atom. The van der Waals surface area contributed by atoms with E-state index in [0.29, 0.717) is 11.5 Å². The lowest BCUT2D eigenvalue weighted by Gasteiger charge is -2.09. The van der Waals surface area contributed by atoms with E-state index in [1.807, 2.05) is 66.7 Å². The molecule has 0 unspecified atom stereocenters. The molecule has 1 aromatic heterocycles. The number of carbonyl (C=O) groups excluding carboxylic acids is 1. The zero-order chi connectivity index (χ0) is 17.6. The van der Waals surface area contributed by atoms with Crippen molar-refractivity contribution in [3.8, 4) is 16.9 Å². The normalized spacial score (nSPS) is 10.1. The third-order valence-electron chi connectivity index (χ3n) is 3.54. The summed E-state index contributed by atoms with van der Waals surface area (Å²) in [7, 11) is 0. The van der Waals surface area contributed by atoms with Gasteiger partial charge in [0.25, 0.3) is 0 Å². The molecule has 0 radical (unpaired) electrons. The van der Waals surface area contributed by atoms with Gasteiger partial charge < -0.3 is 5.32 Å². The molecular formula is C20H18N4O. The van der Waals surface area contributed by atoms with Gasteiger partial charge >= 0.3 is 6.03 Å². The van der Waals surface area contributed by atoms with Crippen LogP contribution in [0.2, 0.25) is 0 Å². The number of anilines is 1. The average molecular weight is 330 g/mol. The average Bonchev–Trinajstić information content (AvgIpc) is 3.06. The highest BCUT2D eigenvalue weighted by atomic mass is 16.2. The number of amides is 2. The number of benzene rings is 2. The van der Waals surface area contributed by atoms with E-state index in [0.717, 1.165) is 16.9 Å². The van der Waals surface area contributed by atoms with Crippen molar-refractivity contribution in [2.75, 3.05) is 5.32 Å². The number of aromatic nitrogens is 2. The lowest BCUT2D eigenvalue weighted by Crippen LogP contribution is -2.28. The van der Waals surface area contributed by atoms with Crippen LogP contribution in [0.25, 0.3) is 16.9 Å². The van der Waals surface area contributed by atoms with Crippen LogP contribution in [-0.4, -0.2) is 15.8 Å². The van der Waals surface area contributed by atoms with Gasteiger partial charge in [0, 0.05) is 17.3 Å². The predicted octanol–water partition coefficient (Wildman–Crippen LogP) is 4.36. The summed E-state index contributed by atoms with van der Waals surface area (Å²) in [4.78, 5) is 12.1. The molecule has 0 spiro atoms. The van der Waals surface area contributed by atoms with E-state index in [1.165, 1.54) is 6.08 Å². The fourth-order valence-electron chi connectivity index (χ4n) is 2.33. The molecule has 0 fully saturated rings. The second-order valence-electron chi connectivity index (χ2n) is 5.34. The largest absolute Gasteiger partial charge is 0.324 e. The van der Waals surface area contributed by atoms with Crippen molar-refractivity contribution in [3.63, 3.8) is 0 Å². The Morgan fingerprint density at radius 1 is 1.04 bits per heavy atom. The number of carbonyl (C=O) groups is 1. The lowest BCUT2D eigenvalue weighted by molar-refractivity contribution is 0.254. The molecule has 124 valence electrons. The van der Waals surface area contributed by atoms with Crippen molar-refractivity contribution in [1.82, 2.24) is 15.1 Å². The van der Waals surface area contributed by atoms with Gasteiger partial charge in [0.1, 0.15) is 5.82 Å². The van der Waals surface area contributed by atoms with E-state index in [1.54, 1.807) is 4.68 Å². The zero-order valence-corrected chi connectivity index (χ0v) is 13.6. The minimum atomic E-state index is -0.401. The third kappa shape index (κ3) is 3.84. The monoisotopic (exact) mass is 330 g/mol. The van der Waals surface area contributed by atoms with Gasteiger partial charge in [-0.05, 0) is 18.2 Å². The van der Waals surface area contributed by atoms with Gasteiger partial charge in [-0.25, -0.2) is 9.48 Å². The number of nitrogens with one attached hydrogen (secondary N) is 2. The Balaban J connectivity index is 1.97. The predicted molar refractivity (Wildman–Crippen MR) is 100 cm³/mol. The molecule has 0 aliphatic heterocycles. The molecule has 5 heteroatoms. The molecule has 0 saturated carbocycles. The molecule has 0 bridgehead atoms. The van der Waals surface area contributed by atoms with Gasteiger partial charge in [0.05, 0.1) is 11.4 Å². The first-order valence-corrected chi connectivity index (χ1v) is 7.77. The molecule has 0 saturated heterocycles.